The molecule has 10 heteroatoms. The summed E-state index contributed by atoms with van der Waals surface area (Å²) in [6, 6.07) is 4.29. The van der Waals surface area contributed by atoms with Crippen molar-refractivity contribution in [3.8, 4) is 5.75 Å². The van der Waals surface area contributed by atoms with Gasteiger partial charge in [-0.15, -0.1) is 0 Å². The Bertz CT molecular complexity index is 797. The number of anilines is 1. The van der Waals surface area contributed by atoms with E-state index >= 15 is 0 Å². The Hall–Kier alpha value is -2.33. The molecule has 0 saturated heterocycles. The van der Waals surface area contributed by atoms with Crippen molar-refractivity contribution < 1.29 is 27.3 Å². The van der Waals surface area contributed by atoms with Gasteiger partial charge >= 0.3 is 16.3 Å². The number of urea groups is 1. The smallest absolute Gasteiger partial charge is 0.357 e. The SMILES string of the molecule is CCCCCCN(C(=O)NC)C(=O)C(C)Cc1ccc(OC)c(NS(=O)(=O)O)c1. The van der Waals surface area contributed by atoms with E-state index in [0.29, 0.717) is 12.1 Å². The van der Waals surface area contributed by atoms with Gasteiger partial charge in [0.2, 0.25) is 5.91 Å². The maximum Gasteiger partial charge on any atom is 0.357 e. The molecule has 0 fully saturated rings. The van der Waals surface area contributed by atoms with Gasteiger partial charge in [0.05, 0.1) is 12.8 Å². The number of hydrogen-bond donors (Lipinski definition) is 3. The maximum atomic E-state index is 12.8. The van der Waals surface area contributed by atoms with Crippen molar-refractivity contribution in [1.82, 2.24) is 10.2 Å². The van der Waals surface area contributed by atoms with Crippen LogP contribution in [0.1, 0.15) is 45.1 Å². The molecule has 0 radical (unpaired) electrons. The van der Waals surface area contributed by atoms with Gasteiger partial charge in [-0.2, -0.15) is 8.42 Å². The molecule has 0 aliphatic heterocycles. The normalized spacial score (nSPS) is 12.2. The number of imide groups is 1. The summed E-state index contributed by atoms with van der Waals surface area (Å²) in [6.45, 7) is 4.15. The number of hydrogen-bond acceptors (Lipinski definition) is 5. The molecular weight excluding hydrogens is 398 g/mol. The second kappa shape index (κ2) is 11.6. The molecule has 0 spiro atoms. The van der Waals surface area contributed by atoms with Crippen molar-refractivity contribution in [1.29, 1.82) is 0 Å². The van der Waals surface area contributed by atoms with Crippen molar-refractivity contribution in [2.45, 2.75) is 46.0 Å². The van der Waals surface area contributed by atoms with E-state index in [1.807, 2.05) is 4.72 Å². The molecule has 164 valence electrons. The zero-order valence-electron chi connectivity index (χ0n) is 17.4. The number of carbonyl (C=O) groups excluding carboxylic acids is 2. The summed E-state index contributed by atoms with van der Waals surface area (Å²) < 4.78 is 38.4. The van der Waals surface area contributed by atoms with Crippen LogP contribution in [0.3, 0.4) is 0 Å². The fourth-order valence-corrected chi connectivity index (χ4v) is 3.39. The molecule has 0 aromatic heterocycles. The van der Waals surface area contributed by atoms with Crippen LogP contribution in [-0.2, 0) is 21.5 Å². The number of rotatable bonds is 11. The van der Waals surface area contributed by atoms with Gasteiger partial charge in [0.25, 0.3) is 0 Å². The highest BCUT2D eigenvalue weighted by molar-refractivity contribution is 7.87. The van der Waals surface area contributed by atoms with Crippen LogP contribution >= 0.6 is 0 Å². The number of nitrogens with one attached hydrogen (secondary N) is 2. The molecule has 29 heavy (non-hydrogen) atoms. The first kappa shape index (κ1) is 24.7. The number of unbranched alkanes of at least 4 members (excludes halogenated alkanes) is 3. The summed E-state index contributed by atoms with van der Waals surface area (Å²) in [7, 11) is -1.62. The zero-order valence-corrected chi connectivity index (χ0v) is 18.2. The van der Waals surface area contributed by atoms with E-state index in [0.717, 1.165) is 25.7 Å². The minimum absolute atomic E-state index is 0.0647. The van der Waals surface area contributed by atoms with Crippen molar-refractivity contribution >= 4 is 27.9 Å². The van der Waals surface area contributed by atoms with E-state index in [2.05, 4.69) is 12.2 Å². The summed E-state index contributed by atoms with van der Waals surface area (Å²) in [5.74, 6) is -0.584. The molecule has 1 unspecified atom stereocenters. The Morgan fingerprint density at radius 1 is 1.24 bits per heavy atom. The Morgan fingerprint density at radius 3 is 2.48 bits per heavy atom. The van der Waals surface area contributed by atoms with Crippen LogP contribution in [0.25, 0.3) is 0 Å². The molecule has 1 atom stereocenters. The van der Waals surface area contributed by atoms with Crippen LogP contribution in [0.15, 0.2) is 18.2 Å². The van der Waals surface area contributed by atoms with Gasteiger partial charge in [0.15, 0.2) is 0 Å². The monoisotopic (exact) mass is 429 g/mol. The second-order valence-electron chi connectivity index (χ2n) is 6.82. The van der Waals surface area contributed by atoms with E-state index in [9.17, 15) is 18.0 Å². The highest BCUT2D eigenvalue weighted by atomic mass is 32.2. The summed E-state index contributed by atoms with van der Waals surface area (Å²) in [5.41, 5.74) is 0.718. The summed E-state index contributed by atoms with van der Waals surface area (Å²) in [5, 5.41) is 2.50. The molecule has 0 saturated carbocycles. The van der Waals surface area contributed by atoms with Gasteiger partial charge in [-0.3, -0.25) is 19.0 Å². The molecule has 0 aliphatic carbocycles. The standard InChI is InChI=1S/C19H31N3O6S/c1-5-6-7-8-11-22(19(24)20-3)18(23)14(2)12-15-9-10-17(28-4)16(13-15)21-29(25,26)27/h9-10,13-14,21H,5-8,11-12H2,1-4H3,(H,20,24)(H,25,26,27). The van der Waals surface area contributed by atoms with Gasteiger partial charge < -0.3 is 10.1 Å². The first-order chi connectivity index (χ1) is 13.6. The Kier molecular flexibility index (Phi) is 9.90. The molecule has 1 aromatic carbocycles. The predicted molar refractivity (Wildman–Crippen MR) is 111 cm³/mol. The third kappa shape index (κ3) is 8.28. The predicted octanol–water partition coefficient (Wildman–Crippen LogP) is 2.84. The van der Waals surface area contributed by atoms with Crippen LogP contribution in [-0.4, -0.2) is 50.5 Å². The van der Waals surface area contributed by atoms with E-state index in [1.165, 1.54) is 25.1 Å². The van der Waals surface area contributed by atoms with Crippen LogP contribution in [0.2, 0.25) is 0 Å². The number of methoxy groups -OCH3 is 1. The molecular formula is C19H31N3O6S. The summed E-state index contributed by atoms with van der Waals surface area (Å²) in [6.07, 6.45) is 4.06. The minimum Gasteiger partial charge on any atom is -0.495 e. The summed E-state index contributed by atoms with van der Waals surface area (Å²) >= 11 is 0. The molecule has 3 amide bonds. The van der Waals surface area contributed by atoms with E-state index in [4.69, 9.17) is 9.29 Å². The van der Waals surface area contributed by atoms with Crippen molar-refractivity contribution in [3.05, 3.63) is 23.8 Å². The topological polar surface area (TPSA) is 125 Å². The van der Waals surface area contributed by atoms with Crippen molar-refractivity contribution in [3.63, 3.8) is 0 Å². The fraction of sp³-hybridized carbons (Fsp3) is 0.579. The third-order valence-electron chi connectivity index (χ3n) is 4.43. The molecule has 0 bridgehead atoms. The molecule has 1 aromatic rings. The number of amides is 3. The highest BCUT2D eigenvalue weighted by Crippen LogP contribution is 2.27. The molecule has 1 rings (SSSR count). The average molecular weight is 430 g/mol. The number of nitrogens with zero attached hydrogens (tertiary/aromatic N) is 1. The van der Waals surface area contributed by atoms with Crippen molar-refractivity contribution in [2.75, 3.05) is 25.4 Å². The first-order valence-corrected chi connectivity index (χ1v) is 11.0. The Morgan fingerprint density at radius 2 is 1.93 bits per heavy atom. The number of benzene rings is 1. The van der Waals surface area contributed by atoms with E-state index < -0.39 is 22.3 Å². The molecule has 9 nitrogen and oxygen atoms in total. The minimum atomic E-state index is -4.47. The van der Waals surface area contributed by atoms with Gasteiger partial charge in [0.1, 0.15) is 5.75 Å². The van der Waals surface area contributed by atoms with Crippen LogP contribution in [0.4, 0.5) is 10.5 Å². The molecule has 0 aliphatic rings. The second-order valence-corrected chi connectivity index (χ2v) is 7.98. The average Bonchev–Trinajstić information content (AvgIpc) is 2.66. The number of carbonyl (C=O) groups is 2. The van der Waals surface area contributed by atoms with Gasteiger partial charge in [0, 0.05) is 19.5 Å². The summed E-state index contributed by atoms with van der Waals surface area (Å²) in [4.78, 5) is 26.2. The van der Waals surface area contributed by atoms with Gasteiger partial charge in [-0.1, -0.05) is 39.2 Å². The quantitative estimate of drug-likeness (QED) is 0.367. The lowest BCUT2D eigenvalue weighted by atomic mass is 9.99. The van der Waals surface area contributed by atoms with Crippen molar-refractivity contribution in [2.24, 2.45) is 5.92 Å². The molecule has 3 N–H and O–H groups in total. The molecule has 0 heterocycles. The van der Waals surface area contributed by atoms with E-state index in [-0.39, 0.29) is 23.8 Å². The third-order valence-corrected chi connectivity index (χ3v) is 4.90. The van der Waals surface area contributed by atoms with Gasteiger partial charge in [-0.25, -0.2) is 4.79 Å². The Labute approximate surface area is 172 Å². The lowest BCUT2D eigenvalue weighted by Gasteiger charge is -2.24. The zero-order chi connectivity index (χ0) is 22.0. The van der Waals surface area contributed by atoms with E-state index in [1.54, 1.807) is 19.1 Å². The van der Waals surface area contributed by atoms with Crippen LogP contribution < -0.4 is 14.8 Å². The first-order valence-electron chi connectivity index (χ1n) is 9.58. The fourth-order valence-electron chi connectivity index (χ4n) is 2.95. The van der Waals surface area contributed by atoms with Gasteiger partial charge in [-0.05, 0) is 30.5 Å². The Balaban J connectivity index is 2.93. The lowest BCUT2D eigenvalue weighted by molar-refractivity contribution is -0.132. The number of ether oxygens (including phenoxy) is 1. The highest BCUT2D eigenvalue weighted by Gasteiger charge is 2.25. The van der Waals surface area contributed by atoms with Crippen LogP contribution in [0.5, 0.6) is 5.75 Å². The van der Waals surface area contributed by atoms with Crippen LogP contribution in [0, 0.1) is 5.92 Å². The largest absolute Gasteiger partial charge is 0.495 e. The lowest BCUT2D eigenvalue weighted by Crippen LogP contribution is -2.45. The maximum absolute atomic E-state index is 12.8.